The first kappa shape index (κ1) is 18.0. The van der Waals surface area contributed by atoms with E-state index in [1.165, 1.54) is 0 Å². The van der Waals surface area contributed by atoms with E-state index in [1.807, 2.05) is 24.3 Å². The van der Waals surface area contributed by atoms with Crippen molar-refractivity contribution in [1.29, 1.82) is 0 Å². The Morgan fingerprint density at radius 3 is 2.12 bits per heavy atom. The lowest BCUT2D eigenvalue weighted by atomic mass is 9.86. The second kappa shape index (κ2) is 7.49. The predicted molar refractivity (Wildman–Crippen MR) is 98.5 cm³/mol. The molecular weight excluding hydrogens is 324 g/mol. The van der Waals surface area contributed by atoms with E-state index in [0.29, 0.717) is 10.7 Å². The van der Waals surface area contributed by atoms with E-state index in [4.69, 9.17) is 11.6 Å². The smallest absolute Gasteiger partial charge is 0.233 e. The molecule has 24 heavy (non-hydrogen) atoms. The molecule has 0 aromatic heterocycles. The molecule has 2 aromatic rings. The van der Waals surface area contributed by atoms with Gasteiger partial charge in [-0.1, -0.05) is 50.6 Å². The Balaban J connectivity index is 1.98. The maximum Gasteiger partial charge on any atom is 0.233 e. The fourth-order valence-corrected chi connectivity index (χ4v) is 2.45. The number of carbonyl (C=O) groups is 2. The summed E-state index contributed by atoms with van der Waals surface area (Å²) in [4.78, 5) is 24.1. The molecule has 0 spiro atoms. The van der Waals surface area contributed by atoms with Crippen LogP contribution in [0, 0.1) is 0 Å². The van der Waals surface area contributed by atoms with Crippen LogP contribution in [0.25, 0.3) is 0 Å². The van der Waals surface area contributed by atoms with Gasteiger partial charge in [0.2, 0.25) is 11.8 Å². The molecule has 2 aromatic carbocycles. The monoisotopic (exact) mass is 344 g/mol. The zero-order valence-electron chi connectivity index (χ0n) is 14.0. The van der Waals surface area contributed by atoms with Gasteiger partial charge in [0.05, 0.1) is 0 Å². The summed E-state index contributed by atoms with van der Waals surface area (Å²) in [5, 5.41) is 6.08. The van der Waals surface area contributed by atoms with Gasteiger partial charge in [-0.25, -0.2) is 0 Å². The largest absolute Gasteiger partial charge is 0.326 e. The molecule has 0 aliphatic carbocycles. The van der Waals surface area contributed by atoms with E-state index in [0.717, 1.165) is 11.3 Å². The van der Waals surface area contributed by atoms with E-state index in [2.05, 4.69) is 31.4 Å². The van der Waals surface area contributed by atoms with Gasteiger partial charge in [-0.05, 0) is 41.3 Å². The number of halogens is 1. The number of nitrogens with one attached hydrogen (secondary N) is 2. The normalized spacial score (nSPS) is 11.0. The Bertz CT molecular complexity index is 734. The number of para-hydroxylation sites is 1. The van der Waals surface area contributed by atoms with Gasteiger partial charge in [0.25, 0.3) is 0 Å². The first-order valence-electron chi connectivity index (χ1n) is 7.70. The van der Waals surface area contributed by atoms with E-state index < -0.39 is 0 Å². The standard InChI is InChI=1S/C19H21ClN2O2/c1-19(2,3)15-6-4-5-7-16(15)22-18(24)12-17(23)21-14-10-8-13(20)9-11-14/h4-11H,12H2,1-3H3,(H,21,23)(H,22,24). The average molecular weight is 345 g/mol. The molecular formula is C19H21ClN2O2. The zero-order valence-corrected chi connectivity index (χ0v) is 14.8. The lowest BCUT2D eigenvalue weighted by Crippen LogP contribution is -2.23. The molecule has 5 heteroatoms. The summed E-state index contributed by atoms with van der Waals surface area (Å²) in [5.41, 5.74) is 2.26. The summed E-state index contributed by atoms with van der Waals surface area (Å²) >= 11 is 5.80. The second-order valence-corrected chi connectivity index (χ2v) is 7.01. The van der Waals surface area contributed by atoms with Crippen LogP contribution in [0.5, 0.6) is 0 Å². The van der Waals surface area contributed by atoms with E-state index in [9.17, 15) is 9.59 Å². The number of hydrogen-bond acceptors (Lipinski definition) is 2. The van der Waals surface area contributed by atoms with Crippen molar-refractivity contribution >= 4 is 34.8 Å². The lowest BCUT2D eigenvalue weighted by Gasteiger charge is -2.22. The van der Waals surface area contributed by atoms with Crippen molar-refractivity contribution in [2.75, 3.05) is 10.6 Å². The number of rotatable bonds is 4. The lowest BCUT2D eigenvalue weighted by molar-refractivity contribution is -0.123. The molecule has 4 nitrogen and oxygen atoms in total. The highest BCUT2D eigenvalue weighted by molar-refractivity contribution is 6.30. The fourth-order valence-electron chi connectivity index (χ4n) is 2.32. The Kier molecular flexibility index (Phi) is 5.62. The van der Waals surface area contributed by atoms with Crippen molar-refractivity contribution in [3.05, 3.63) is 59.1 Å². The summed E-state index contributed by atoms with van der Waals surface area (Å²) in [7, 11) is 0. The van der Waals surface area contributed by atoms with Crippen LogP contribution in [0.1, 0.15) is 32.8 Å². The third kappa shape index (κ3) is 5.10. The van der Waals surface area contributed by atoms with Crippen molar-refractivity contribution in [3.63, 3.8) is 0 Å². The van der Waals surface area contributed by atoms with Crippen molar-refractivity contribution in [2.24, 2.45) is 0 Å². The summed E-state index contributed by atoms with van der Waals surface area (Å²) in [5.74, 6) is -0.721. The highest BCUT2D eigenvalue weighted by Crippen LogP contribution is 2.29. The van der Waals surface area contributed by atoms with Gasteiger partial charge in [-0.3, -0.25) is 9.59 Å². The van der Waals surface area contributed by atoms with Crippen LogP contribution in [0.15, 0.2) is 48.5 Å². The maximum atomic E-state index is 12.2. The Morgan fingerprint density at radius 2 is 1.50 bits per heavy atom. The summed E-state index contributed by atoms with van der Waals surface area (Å²) in [6.45, 7) is 6.22. The molecule has 0 heterocycles. The maximum absolute atomic E-state index is 12.2. The van der Waals surface area contributed by atoms with E-state index >= 15 is 0 Å². The molecule has 0 aliphatic heterocycles. The highest BCUT2D eigenvalue weighted by atomic mass is 35.5. The number of anilines is 2. The molecule has 2 N–H and O–H groups in total. The van der Waals surface area contributed by atoms with Crippen LogP contribution in [0.4, 0.5) is 11.4 Å². The van der Waals surface area contributed by atoms with Crippen LogP contribution >= 0.6 is 11.6 Å². The molecule has 2 rings (SSSR count). The van der Waals surface area contributed by atoms with Gasteiger partial charge in [-0.15, -0.1) is 0 Å². The highest BCUT2D eigenvalue weighted by Gasteiger charge is 2.19. The SMILES string of the molecule is CC(C)(C)c1ccccc1NC(=O)CC(=O)Nc1ccc(Cl)cc1. The number of carbonyl (C=O) groups excluding carboxylic acids is 2. The fraction of sp³-hybridized carbons (Fsp3) is 0.263. The quantitative estimate of drug-likeness (QED) is 0.796. The van der Waals surface area contributed by atoms with E-state index in [1.54, 1.807) is 24.3 Å². The molecule has 0 bridgehead atoms. The van der Waals surface area contributed by atoms with Crippen molar-refractivity contribution in [1.82, 2.24) is 0 Å². The molecule has 0 saturated carbocycles. The van der Waals surface area contributed by atoms with Crippen molar-refractivity contribution in [3.8, 4) is 0 Å². The molecule has 0 fully saturated rings. The molecule has 0 saturated heterocycles. The Morgan fingerprint density at radius 1 is 0.917 bits per heavy atom. The minimum absolute atomic E-state index is 0.102. The molecule has 126 valence electrons. The van der Waals surface area contributed by atoms with Crippen LogP contribution in [0.3, 0.4) is 0 Å². The molecule has 0 unspecified atom stereocenters. The Labute approximate surface area is 147 Å². The summed E-state index contributed by atoms with van der Waals surface area (Å²) in [6, 6.07) is 14.3. The van der Waals surface area contributed by atoms with E-state index in [-0.39, 0.29) is 23.7 Å². The third-order valence-electron chi connectivity index (χ3n) is 3.46. The van der Waals surface area contributed by atoms with Gasteiger partial charge in [-0.2, -0.15) is 0 Å². The van der Waals surface area contributed by atoms with Crippen molar-refractivity contribution < 1.29 is 9.59 Å². The molecule has 0 radical (unpaired) electrons. The minimum Gasteiger partial charge on any atom is -0.326 e. The zero-order chi connectivity index (χ0) is 17.7. The number of hydrogen-bond donors (Lipinski definition) is 2. The topological polar surface area (TPSA) is 58.2 Å². The van der Waals surface area contributed by atoms with Crippen LogP contribution < -0.4 is 10.6 Å². The number of benzene rings is 2. The molecule has 0 atom stereocenters. The first-order chi connectivity index (χ1) is 11.3. The molecule has 0 aliphatic rings. The second-order valence-electron chi connectivity index (χ2n) is 6.58. The van der Waals surface area contributed by atoms with Gasteiger partial charge in [0, 0.05) is 16.4 Å². The summed E-state index contributed by atoms with van der Waals surface area (Å²) < 4.78 is 0. The van der Waals surface area contributed by atoms with Gasteiger partial charge in [0.15, 0.2) is 0 Å². The van der Waals surface area contributed by atoms with Gasteiger partial charge in [0.1, 0.15) is 6.42 Å². The summed E-state index contributed by atoms with van der Waals surface area (Å²) in [6.07, 6.45) is -0.249. The number of amides is 2. The average Bonchev–Trinajstić information content (AvgIpc) is 2.49. The van der Waals surface area contributed by atoms with Crippen molar-refractivity contribution in [2.45, 2.75) is 32.6 Å². The predicted octanol–water partition coefficient (Wildman–Crippen LogP) is 4.60. The van der Waals surface area contributed by atoms with Gasteiger partial charge >= 0.3 is 0 Å². The minimum atomic E-state index is -0.372. The molecule has 2 amide bonds. The van der Waals surface area contributed by atoms with Crippen LogP contribution in [-0.4, -0.2) is 11.8 Å². The van der Waals surface area contributed by atoms with Crippen LogP contribution in [0.2, 0.25) is 5.02 Å². The third-order valence-corrected chi connectivity index (χ3v) is 3.71. The Hall–Kier alpha value is -2.33. The van der Waals surface area contributed by atoms with Gasteiger partial charge < -0.3 is 10.6 Å². The first-order valence-corrected chi connectivity index (χ1v) is 8.08. The van der Waals surface area contributed by atoms with Crippen LogP contribution in [-0.2, 0) is 15.0 Å².